The Kier molecular flexibility index (Phi) is 6.61. The van der Waals surface area contributed by atoms with E-state index in [-0.39, 0.29) is 25.0 Å². The molecule has 8 heteroatoms. The average Bonchev–Trinajstić information content (AvgIpc) is 3.43. The fourth-order valence-electron chi connectivity index (χ4n) is 3.11. The molecule has 2 aromatic heterocycles. The Hall–Kier alpha value is -3.52. The molecule has 0 fully saturated rings. The summed E-state index contributed by atoms with van der Waals surface area (Å²) in [5, 5.41) is 6.97. The van der Waals surface area contributed by atoms with Crippen LogP contribution in [0.15, 0.2) is 75.9 Å². The van der Waals surface area contributed by atoms with Crippen LogP contribution in [0.25, 0.3) is 0 Å². The standard InChI is InChI=1S/C24H22BrN3O4/c1-16-4-3-5-17(2)23(16)30-14-21-10-11-22(32-21)24(29)27-19-12-26-28(13-19)15-31-20-8-6-18(25)7-9-20/h3-13H,14-15H2,1-2H3,(H,27,29). The first-order chi connectivity index (χ1) is 15.5. The molecule has 4 aromatic rings. The minimum atomic E-state index is -0.364. The minimum absolute atomic E-state index is 0.198. The van der Waals surface area contributed by atoms with Gasteiger partial charge in [-0.15, -0.1) is 0 Å². The normalized spacial score (nSPS) is 10.7. The number of nitrogens with zero attached hydrogens (tertiary/aromatic N) is 2. The van der Waals surface area contributed by atoms with Crippen molar-refractivity contribution in [2.45, 2.75) is 27.2 Å². The fraction of sp³-hybridized carbons (Fsp3) is 0.167. The highest BCUT2D eigenvalue weighted by molar-refractivity contribution is 9.10. The van der Waals surface area contributed by atoms with Crippen LogP contribution in [0.3, 0.4) is 0 Å². The van der Waals surface area contributed by atoms with Gasteiger partial charge in [0.05, 0.1) is 18.1 Å². The molecular formula is C24H22BrN3O4. The maximum absolute atomic E-state index is 12.5. The summed E-state index contributed by atoms with van der Waals surface area (Å²) in [5.74, 6) is 1.95. The van der Waals surface area contributed by atoms with E-state index in [2.05, 4.69) is 26.3 Å². The van der Waals surface area contributed by atoms with Crippen LogP contribution in [-0.2, 0) is 13.3 Å². The maximum atomic E-state index is 12.5. The maximum Gasteiger partial charge on any atom is 0.291 e. The van der Waals surface area contributed by atoms with Crippen LogP contribution >= 0.6 is 15.9 Å². The van der Waals surface area contributed by atoms with Gasteiger partial charge in [-0.05, 0) is 61.4 Å². The summed E-state index contributed by atoms with van der Waals surface area (Å²) in [4.78, 5) is 12.5. The van der Waals surface area contributed by atoms with E-state index >= 15 is 0 Å². The van der Waals surface area contributed by atoms with Crippen molar-refractivity contribution in [2.24, 2.45) is 0 Å². The van der Waals surface area contributed by atoms with Gasteiger partial charge in [-0.2, -0.15) is 5.10 Å². The topological polar surface area (TPSA) is 78.5 Å². The Labute approximate surface area is 194 Å². The number of amides is 1. The van der Waals surface area contributed by atoms with Gasteiger partial charge in [-0.25, -0.2) is 4.68 Å². The molecule has 0 saturated heterocycles. The Morgan fingerprint density at radius 2 is 1.81 bits per heavy atom. The van der Waals surface area contributed by atoms with Crippen LogP contribution in [0.4, 0.5) is 5.69 Å². The quantitative estimate of drug-likeness (QED) is 0.338. The number of furan rings is 1. The lowest BCUT2D eigenvalue weighted by Gasteiger charge is -2.10. The summed E-state index contributed by atoms with van der Waals surface area (Å²) < 4.78 is 19.8. The number of anilines is 1. The van der Waals surface area contributed by atoms with Crippen molar-refractivity contribution < 1.29 is 18.7 Å². The van der Waals surface area contributed by atoms with Gasteiger partial charge in [-0.1, -0.05) is 34.1 Å². The molecule has 2 heterocycles. The molecule has 0 unspecified atom stereocenters. The average molecular weight is 496 g/mol. The van der Waals surface area contributed by atoms with Gasteiger partial charge in [0.1, 0.15) is 23.9 Å². The second-order valence-electron chi connectivity index (χ2n) is 7.23. The Morgan fingerprint density at radius 3 is 2.56 bits per heavy atom. The number of nitrogens with one attached hydrogen (secondary N) is 1. The van der Waals surface area contributed by atoms with E-state index < -0.39 is 0 Å². The summed E-state index contributed by atoms with van der Waals surface area (Å²) >= 11 is 3.39. The van der Waals surface area contributed by atoms with E-state index in [1.54, 1.807) is 29.2 Å². The van der Waals surface area contributed by atoms with Gasteiger partial charge in [-0.3, -0.25) is 4.79 Å². The third kappa shape index (κ3) is 5.39. The Morgan fingerprint density at radius 1 is 1.06 bits per heavy atom. The van der Waals surface area contributed by atoms with Crippen LogP contribution < -0.4 is 14.8 Å². The van der Waals surface area contributed by atoms with Crippen LogP contribution in [-0.4, -0.2) is 15.7 Å². The summed E-state index contributed by atoms with van der Waals surface area (Å²) in [6, 6.07) is 16.8. The molecule has 0 spiro atoms. The number of aromatic nitrogens is 2. The minimum Gasteiger partial charge on any atom is -0.485 e. The van der Waals surface area contributed by atoms with E-state index in [9.17, 15) is 4.79 Å². The number of hydrogen-bond donors (Lipinski definition) is 1. The first kappa shape index (κ1) is 21.7. The van der Waals surface area contributed by atoms with Crippen molar-refractivity contribution in [3.8, 4) is 11.5 Å². The lowest BCUT2D eigenvalue weighted by Crippen LogP contribution is -2.10. The molecule has 164 valence electrons. The lowest BCUT2D eigenvalue weighted by atomic mass is 10.1. The number of rotatable bonds is 8. The Balaban J connectivity index is 1.31. The third-order valence-corrected chi connectivity index (χ3v) is 5.25. The number of halogens is 1. The SMILES string of the molecule is Cc1cccc(C)c1OCc1ccc(C(=O)Nc2cnn(COc3ccc(Br)cc3)c2)o1. The number of para-hydroxylation sites is 1. The summed E-state index contributed by atoms with van der Waals surface area (Å²) in [6.07, 6.45) is 3.24. The van der Waals surface area contributed by atoms with E-state index in [1.165, 1.54) is 0 Å². The summed E-state index contributed by atoms with van der Waals surface area (Å²) in [5.41, 5.74) is 2.64. The molecule has 2 aromatic carbocycles. The van der Waals surface area contributed by atoms with Crippen LogP contribution in [0.5, 0.6) is 11.5 Å². The molecule has 0 radical (unpaired) electrons. The van der Waals surface area contributed by atoms with Gasteiger partial charge >= 0.3 is 0 Å². The Bertz CT molecular complexity index is 1190. The van der Waals surface area contributed by atoms with Crippen molar-refractivity contribution in [1.82, 2.24) is 9.78 Å². The lowest BCUT2D eigenvalue weighted by molar-refractivity contribution is 0.0992. The van der Waals surface area contributed by atoms with Crippen LogP contribution in [0.1, 0.15) is 27.4 Å². The fourth-order valence-corrected chi connectivity index (χ4v) is 3.37. The molecule has 0 aliphatic heterocycles. The molecule has 4 rings (SSSR count). The van der Waals surface area contributed by atoms with Gasteiger partial charge in [0, 0.05) is 4.47 Å². The van der Waals surface area contributed by atoms with Crippen LogP contribution in [0.2, 0.25) is 0 Å². The third-order valence-electron chi connectivity index (χ3n) is 4.72. The zero-order chi connectivity index (χ0) is 22.5. The molecule has 1 amide bonds. The molecular weight excluding hydrogens is 474 g/mol. The molecule has 0 atom stereocenters. The number of ether oxygens (including phenoxy) is 2. The highest BCUT2D eigenvalue weighted by Crippen LogP contribution is 2.24. The first-order valence-corrected chi connectivity index (χ1v) is 10.8. The van der Waals surface area contributed by atoms with Crippen molar-refractivity contribution in [3.05, 3.63) is 94.1 Å². The highest BCUT2D eigenvalue weighted by atomic mass is 79.9. The zero-order valence-electron chi connectivity index (χ0n) is 17.7. The second kappa shape index (κ2) is 9.74. The smallest absolute Gasteiger partial charge is 0.291 e. The number of carbonyl (C=O) groups excluding carboxylic acids is 1. The van der Waals surface area contributed by atoms with E-state index in [0.29, 0.717) is 11.4 Å². The number of hydrogen-bond acceptors (Lipinski definition) is 5. The largest absolute Gasteiger partial charge is 0.485 e. The van der Waals surface area contributed by atoms with Gasteiger partial charge < -0.3 is 19.2 Å². The zero-order valence-corrected chi connectivity index (χ0v) is 19.3. The number of carbonyl (C=O) groups is 1. The van der Waals surface area contributed by atoms with Crippen LogP contribution in [0, 0.1) is 13.8 Å². The van der Waals surface area contributed by atoms with Crippen molar-refractivity contribution in [1.29, 1.82) is 0 Å². The van der Waals surface area contributed by atoms with Crippen molar-refractivity contribution in [2.75, 3.05) is 5.32 Å². The van der Waals surface area contributed by atoms with Gasteiger partial charge in [0.25, 0.3) is 5.91 Å². The molecule has 0 saturated carbocycles. The first-order valence-electron chi connectivity index (χ1n) is 9.98. The number of aryl methyl sites for hydroxylation is 2. The molecule has 0 bridgehead atoms. The monoisotopic (exact) mass is 495 g/mol. The second-order valence-corrected chi connectivity index (χ2v) is 8.14. The highest BCUT2D eigenvalue weighted by Gasteiger charge is 2.14. The molecule has 0 aliphatic rings. The molecule has 7 nitrogen and oxygen atoms in total. The molecule has 32 heavy (non-hydrogen) atoms. The summed E-state index contributed by atoms with van der Waals surface area (Å²) in [7, 11) is 0. The van der Waals surface area contributed by atoms with Crippen molar-refractivity contribution in [3.63, 3.8) is 0 Å². The van der Waals surface area contributed by atoms with E-state index in [1.807, 2.05) is 56.3 Å². The predicted octanol–water partition coefficient (Wildman–Crippen LogP) is 5.72. The predicted molar refractivity (Wildman–Crippen MR) is 124 cm³/mol. The van der Waals surface area contributed by atoms with Gasteiger partial charge in [0.2, 0.25) is 0 Å². The number of benzene rings is 2. The molecule has 0 aliphatic carbocycles. The van der Waals surface area contributed by atoms with Crippen molar-refractivity contribution >= 4 is 27.5 Å². The van der Waals surface area contributed by atoms with Gasteiger partial charge in [0.15, 0.2) is 12.5 Å². The summed E-state index contributed by atoms with van der Waals surface area (Å²) in [6.45, 7) is 4.45. The van der Waals surface area contributed by atoms with E-state index in [4.69, 9.17) is 13.9 Å². The van der Waals surface area contributed by atoms with E-state index in [0.717, 1.165) is 27.1 Å². The molecule has 1 N–H and O–H groups in total.